The second-order valence-electron chi connectivity index (χ2n) is 7.62. The lowest BCUT2D eigenvalue weighted by Crippen LogP contribution is -2.19. The van der Waals surface area contributed by atoms with Gasteiger partial charge in [0, 0.05) is 30.6 Å². The zero-order valence-corrected chi connectivity index (χ0v) is 17.1. The Balaban J connectivity index is 1.73. The van der Waals surface area contributed by atoms with E-state index < -0.39 is 28.4 Å². The zero-order chi connectivity index (χ0) is 23.0. The smallest absolute Gasteiger partial charge is 0.368 e. The maximum atomic E-state index is 13.3. The number of nitrogens with zero attached hydrogens (tertiary/aromatic N) is 5. The normalized spacial score (nSPS) is 15.2. The van der Waals surface area contributed by atoms with Crippen molar-refractivity contribution < 1.29 is 18.1 Å². The Bertz CT molecular complexity index is 1180. The molecule has 1 saturated heterocycles. The van der Waals surface area contributed by atoms with E-state index in [2.05, 4.69) is 25.2 Å². The zero-order valence-electron chi connectivity index (χ0n) is 17.1. The van der Waals surface area contributed by atoms with E-state index in [0.29, 0.717) is 22.8 Å². The number of fused-ring (bicyclic) bond motifs is 1. The van der Waals surface area contributed by atoms with Crippen molar-refractivity contribution in [1.29, 1.82) is 0 Å². The van der Waals surface area contributed by atoms with Crippen molar-refractivity contribution in [3.8, 4) is 0 Å². The minimum atomic E-state index is -4.72. The van der Waals surface area contributed by atoms with Gasteiger partial charge in [0.25, 0.3) is 5.69 Å². The summed E-state index contributed by atoms with van der Waals surface area (Å²) in [6.45, 7) is 3.34. The van der Waals surface area contributed by atoms with Gasteiger partial charge in [0.05, 0.1) is 28.2 Å². The van der Waals surface area contributed by atoms with Gasteiger partial charge in [0.1, 0.15) is 11.6 Å². The van der Waals surface area contributed by atoms with Crippen molar-refractivity contribution in [2.24, 2.45) is 0 Å². The molecule has 0 aliphatic carbocycles. The van der Waals surface area contributed by atoms with E-state index in [4.69, 9.17) is 5.73 Å². The Hall–Kier alpha value is -3.70. The van der Waals surface area contributed by atoms with E-state index in [-0.39, 0.29) is 11.5 Å². The predicted molar refractivity (Wildman–Crippen MR) is 113 cm³/mol. The minimum Gasteiger partial charge on any atom is -0.368 e. The second kappa shape index (κ2) is 8.09. The van der Waals surface area contributed by atoms with Crippen LogP contribution in [0.4, 0.5) is 36.4 Å². The standard InChI is InChI=1S/C20H20F3N7O2/c1-11(12-6-13(20(21,22)23)8-14(7-12)30(31)32)26-18-15-9-17(29-4-2-3-5-29)25-10-16(15)27-19(24)28-18/h6-11H,2-5H2,1H3,(H3,24,26,27,28)/t11-/m1/s1. The molecule has 1 aromatic carbocycles. The van der Waals surface area contributed by atoms with Gasteiger partial charge in [-0.3, -0.25) is 10.1 Å². The van der Waals surface area contributed by atoms with Gasteiger partial charge in [0.15, 0.2) is 0 Å². The number of nitrogens with one attached hydrogen (secondary N) is 1. The average Bonchev–Trinajstić information content (AvgIpc) is 3.27. The predicted octanol–water partition coefficient (Wildman–Crippen LogP) is 4.31. The Kier molecular flexibility index (Phi) is 5.45. The van der Waals surface area contributed by atoms with Crippen LogP contribution in [0.5, 0.6) is 0 Å². The number of hydrogen-bond acceptors (Lipinski definition) is 8. The number of halogens is 3. The quantitative estimate of drug-likeness (QED) is 0.438. The minimum absolute atomic E-state index is 0.0297. The number of benzene rings is 1. The number of nitro benzene ring substituents is 1. The molecular weight excluding hydrogens is 427 g/mol. The van der Waals surface area contributed by atoms with Gasteiger partial charge in [-0.25, -0.2) is 9.97 Å². The fraction of sp³-hybridized carbons (Fsp3) is 0.350. The van der Waals surface area contributed by atoms with E-state index in [1.165, 1.54) is 0 Å². The van der Waals surface area contributed by atoms with Crippen LogP contribution in [0.3, 0.4) is 0 Å². The van der Waals surface area contributed by atoms with Crippen LogP contribution in [-0.2, 0) is 6.18 Å². The molecule has 12 heteroatoms. The van der Waals surface area contributed by atoms with Crippen molar-refractivity contribution >= 4 is 34.2 Å². The highest BCUT2D eigenvalue weighted by Crippen LogP contribution is 2.35. The van der Waals surface area contributed by atoms with E-state index in [9.17, 15) is 23.3 Å². The van der Waals surface area contributed by atoms with Crippen molar-refractivity contribution in [3.05, 3.63) is 51.7 Å². The Morgan fingerprint density at radius 1 is 1.19 bits per heavy atom. The van der Waals surface area contributed by atoms with Crippen molar-refractivity contribution in [3.63, 3.8) is 0 Å². The molecule has 0 bridgehead atoms. The first-order valence-electron chi connectivity index (χ1n) is 9.93. The van der Waals surface area contributed by atoms with E-state index in [0.717, 1.165) is 43.9 Å². The number of pyridine rings is 1. The Morgan fingerprint density at radius 3 is 2.56 bits per heavy atom. The molecule has 3 aromatic rings. The molecule has 2 aromatic heterocycles. The molecule has 0 saturated carbocycles. The molecule has 0 amide bonds. The van der Waals surface area contributed by atoms with Crippen LogP contribution in [0.2, 0.25) is 0 Å². The van der Waals surface area contributed by atoms with Crippen LogP contribution in [0.15, 0.2) is 30.5 Å². The maximum absolute atomic E-state index is 13.3. The number of anilines is 3. The molecule has 0 radical (unpaired) electrons. The fourth-order valence-corrected chi connectivity index (χ4v) is 3.71. The topological polar surface area (TPSA) is 123 Å². The molecule has 168 valence electrons. The van der Waals surface area contributed by atoms with Gasteiger partial charge in [-0.05, 0) is 37.5 Å². The molecule has 1 aliphatic heterocycles. The number of nitro groups is 1. The van der Waals surface area contributed by atoms with Crippen molar-refractivity contribution in [2.75, 3.05) is 29.0 Å². The van der Waals surface area contributed by atoms with Gasteiger partial charge in [-0.15, -0.1) is 0 Å². The Labute approximate surface area is 180 Å². The van der Waals surface area contributed by atoms with Crippen LogP contribution < -0.4 is 16.0 Å². The second-order valence-corrected chi connectivity index (χ2v) is 7.62. The van der Waals surface area contributed by atoms with Crippen molar-refractivity contribution in [1.82, 2.24) is 15.0 Å². The molecule has 4 rings (SSSR count). The average molecular weight is 447 g/mol. The van der Waals surface area contributed by atoms with Crippen LogP contribution in [-0.4, -0.2) is 33.0 Å². The van der Waals surface area contributed by atoms with Gasteiger partial charge < -0.3 is 16.0 Å². The molecule has 3 N–H and O–H groups in total. The number of nitrogen functional groups attached to an aromatic ring is 1. The van der Waals surface area contributed by atoms with Crippen LogP contribution in [0.1, 0.15) is 36.9 Å². The third-order valence-electron chi connectivity index (χ3n) is 5.35. The first-order chi connectivity index (χ1) is 15.1. The number of aromatic nitrogens is 3. The van der Waals surface area contributed by atoms with Gasteiger partial charge in [-0.2, -0.15) is 18.2 Å². The monoisotopic (exact) mass is 447 g/mol. The molecule has 0 unspecified atom stereocenters. The number of alkyl halides is 3. The summed E-state index contributed by atoms with van der Waals surface area (Å²) >= 11 is 0. The summed E-state index contributed by atoms with van der Waals surface area (Å²) in [6.07, 6.45) is -1.02. The van der Waals surface area contributed by atoms with E-state index in [1.807, 2.05) is 6.07 Å². The lowest BCUT2D eigenvalue weighted by Gasteiger charge is -2.20. The fourth-order valence-electron chi connectivity index (χ4n) is 3.71. The highest BCUT2D eigenvalue weighted by atomic mass is 19.4. The first-order valence-corrected chi connectivity index (χ1v) is 9.93. The maximum Gasteiger partial charge on any atom is 0.416 e. The molecular formula is C20H20F3N7O2. The lowest BCUT2D eigenvalue weighted by molar-refractivity contribution is -0.385. The molecule has 1 atom stereocenters. The van der Waals surface area contributed by atoms with Gasteiger partial charge in [0.2, 0.25) is 5.95 Å². The van der Waals surface area contributed by atoms with Crippen LogP contribution in [0.25, 0.3) is 10.9 Å². The molecule has 1 fully saturated rings. The molecule has 32 heavy (non-hydrogen) atoms. The molecule has 1 aliphatic rings. The molecule has 9 nitrogen and oxygen atoms in total. The van der Waals surface area contributed by atoms with Gasteiger partial charge in [-0.1, -0.05) is 0 Å². The summed E-state index contributed by atoms with van der Waals surface area (Å²) in [6, 6.07) is 3.58. The molecule has 3 heterocycles. The SMILES string of the molecule is C[C@@H](Nc1nc(N)nc2cnc(N3CCCC3)cc12)c1cc([N+](=O)[O-])cc(C(F)(F)F)c1. The number of rotatable bonds is 5. The highest BCUT2D eigenvalue weighted by molar-refractivity contribution is 5.91. The largest absolute Gasteiger partial charge is 0.416 e. The third kappa shape index (κ3) is 4.34. The summed E-state index contributed by atoms with van der Waals surface area (Å²) in [5, 5.41) is 14.8. The van der Waals surface area contributed by atoms with Crippen molar-refractivity contribution in [2.45, 2.75) is 32.0 Å². The van der Waals surface area contributed by atoms with Crippen LogP contribution in [0, 0.1) is 10.1 Å². The third-order valence-corrected chi connectivity index (χ3v) is 5.35. The number of nitrogens with two attached hydrogens (primary N) is 1. The summed E-state index contributed by atoms with van der Waals surface area (Å²) in [5.74, 6) is 1.02. The van der Waals surface area contributed by atoms with E-state index in [1.54, 1.807) is 13.1 Å². The summed E-state index contributed by atoms with van der Waals surface area (Å²) in [7, 11) is 0. The van der Waals surface area contributed by atoms with Gasteiger partial charge >= 0.3 is 6.18 Å². The lowest BCUT2D eigenvalue weighted by atomic mass is 10.0. The molecule has 0 spiro atoms. The van der Waals surface area contributed by atoms with Crippen LogP contribution >= 0.6 is 0 Å². The number of hydrogen-bond donors (Lipinski definition) is 2. The first kappa shape index (κ1) is 21.5. The Morgan fingerprint density at radius 2 is 1.91 bits per heavy atom. The number of non-ortho nitro benzene ring substituents is 1. The summed E-state index contributed by atoms with van der Waals surface area (Å²) < 4.78 is 39.8. The summed E-state index contributed by atoms with van der Waals surface area (Å²) in [4.78, 5) is 25.3. The van der Waals surface area contributed by atoms with E-state index >= 15 is 0 Å². The summed E-state index contributed by atoms with van der Waals surface area (Å²) in [5.41, 5.74) is 4.63. The highest BCUT2D eigenvalue weighted by Gasteiger charge is 2.33.